The highest BCUT2D eigenvalue weighted by molar-refractivity contribution is 6.31. The van der Waals surface area contributed by atoms with E-state index in [1.807, 2.05) is 0 Å². The van der Waals surface area contributed by atoms with Crippen molar-refractivity contribution in [3.8, 4) is 11.5 Å². The number of phenolic OH excluding ortho intramolecular Hbond substituents is 1. The van der Waals surface area contributed by atoms with Crippen LogP contribution in [-0.4, -0.2) is 46.8 Å². The molecule has 2 aromatic carbocycles. The fourth-order valence-electron chi connectivity index (χ4n) is 7.39. The van der Waals surface area contributed by atoms with Gasteiger partial charge in [0.2, 0.25) is 23.6 Å². The molecule has 2 aromatic rings. The zero-order chi connectivity index (χ0) is 29.5. The number of amides is 6. The van der Waals surface area contributed by atoms with Crippen molar-refractivity contribution in [1.82, 2.24) is 4.90 Å². The molecule has 6 rings (SSSR count). The Hall–Kier alpha value is -4.25. The molecule has 0 bridgehead atoms. The van der Waals surface area contributed by atoms with Gasteiger partial charge in [0.25, 0.3) is 0 Å². The van der Waals surface area contributed by atoms with E-state index in [0.717, 1.165) is 11.0 Å². The van der Waals surface area contributed by atoms with Crippen LogP contribution in [0.15, 0.2) is 48.0 Å². The van der Waals surface area contributed by atoms with Gasteiger partial charge in [-0.3, -0.25) is 19.2 Å². The highest BCUT2D eigenvalue weighted by atomic mass is 35.5. The van der Waals surface area contributed by atoms with Gasteiger partial charge in [0.15, 0.2) is 0 Å². The van der Waals surface area contributed by atoms with E-state index >= 15 is 0 Å². The second-order valence-electron chi connectivity index (χ2n) is 11.0. The van der Waals surface area contributed by atoms with Crippen molar-refractivity contribution in [1.29, 1.82) is 0 Å². The first kappa shape index (κ1) is 26.9. The lowest BCUT2D eigenvalue weighted by Gasteiger charge is -2.49. The number of urea groups is 1. The fourth-order valence-corrected chi connectivity index (χ4v) is 7.56. The molecule has 212 valence electrons. The van der Waals surface area contributed by atoms with Gasteiger partial charge in [-0.15, -0.1) is 0 Å². The van der Waals surface area contributed by atoms with Crippen molar-refractivity contribution >= 4 is 46.9 Å². The van der Waals surface area contributed by atoms with Gasteiger partial charge in [-0.2, -0.15) is 4.90 Å². The Kier molecular flexibility index (Phi) is 6.00. The Balaban J connectivity index is 1.55. The number of allylic oxidation sites excluding steroid dienone is 2. The summed E-state index contributed by atoms with van der Waals surface area (Å²) in [5.41, 5.74) is 5.22. The summed E-state index contributed by atoms with van der Waals surface area (Å²) in [6, 6.07) is 6.82. The largest absolute Gasteiger partial charge is 0.508 e. The number of aromatic hydroxyl groups is 1. The highest BCUT2D eigenvalue weighted by Gasteiger charge is 2.68. The number of phenols is 1. The van der Waals surface area contributed by atoms with Crippen LogP contribution in [-0.2, 0) is 19.2 Å². The number of carbonyl (C=O) groups is 5. The minimum absolute atomic E-state index is 0.0437. The number of rotatable bonds is 3. The number of hydrogen-bond donors (Lipinski definition) is 2. The van der Waals surface area contributed by atoms with E-state index in [9.17, 15) is 33.5 Å². The summed E-state index contributed by atoms with van der Waals surface area (Å²) in [5.74, 6) is -7.32. The zero-order valence-corrected chi connectivity index (χ0v) is 22.7. The molecule has 6 unspecified atom stereocenters. The molecule has 2 aliphatic carbocycles. The van der Waals surface area contributed by atoms with Crippen LogP contribution >= 0.6 is 11.6 Å². The number of carbonyl (C=O) groups excluding carboxylic acids is 5. The first-order chi connectivity index (χ1) is 19.4. The van der Waals surface area contributed by atoms with Gasteiger partial charge in [0, 0.05) is 17.5 Å². The molecule has 6 amide bonds. The number of nitrogens with zero attached hydrogens (tertiary/aromatic N) is 2. The lowest BCUT2D eigenvalue weighted by atomic mass is 9.51. The second-order valence-corrected chi connectivity index (χ2v) is 11.4. The minimum Gasteiger partial charge on any atom is -0.508 e. The summed E-state index contributed by atoms with van der Waals surface area (Å²) in [5, 5.41) is 9.89. The van der Waals surface area contributed by atoms with Gasteiger partial charge < -0.3 is 15.6 Å². The summed E-state index contributed by atoms with van der Waals surface area (Å²) < 4.78 is 19.6. The molecule has 2 heterocycles. The third-order valence-electron chi connectivity index (χ3n) is 9.18. The molecule has 0 aromatic heterocycles. The van der Waals surface area contributed by atoms with Crippen LogP contribution in [0, 0.1) is 34.9 Å². The topological polar surface area (TPSA) is 147 Å². The Morgan fingerprint density at radius 1 is 1.10 bits per heavy atom. The maximum Gasteiger partial charge on any atom is 0.328 e. The summed E-state index contributed by atoms with van der Waals surface area (Å²) in [7, 11) is 1.40. The Labute approximate surface area is 238 Å². The number of primary amides is 1. The van der Waals surface area contributed by atoms with Gasteiger partial charge in [0.1, 0.15) is 17.3 Å². The van der Waals surface area contributed by atoms with Crippen molar-refractivity contribution in [2.75, 3.05) is 12.0 Å². The number of halogens is 2. The summed E-state index contributed by atoms with van der Waals surface area (Å²) in [6.07, 6.45) is 1.97. The summed E-state index contributed by atoms with van der Waals surface area (Å²) in [4.78, 5) is 68.3. The molecular formula is C29H25ClFN3O7. The summed E-state index contributed by atoms with van der Waals surface area (Å²) >= 11 is 6.00. The van der Waals surface area contributed by atoms with Crippen molar-refractivity contribution in [3.05, 3.63) is 64.5 Å². The monoisotopic (exact) mass is 581 g/mol. The Morgan fingerprint density at radius 3 is 2.49 bits per heavy atom. The number of ether oxygens (including phenoxy) is 1. The average Bonchev–Trinajstić information content (AvgIpc) is 3.30. The number of likely N-dealkylation sites (tertiary alicyclic amines) is 1. The van der Waals surface area contributed by atoms with Crippen LogP contribution in [0.2, 0.25) is 5.02 Å². The smallest absolute Gasteiger partial charge is 0.328 e. The number of anilines is 1. The van der Waals surface area contributed by atoms with Crippen molar-refractivity contribution in [3.63, 3.8) is 0 Å². The van der Waals surface area contributed by atoms with Crippen LogP contribution in [0.25, 0.3) is 0 Å². The molecule has 0 spiro atoms. The molecule has 3 N–H and O–H groups in total. The molecule has 3 fully saturated rings. The van der Waals surface area contributed by atoms with Gasteiger partial charge in [-0.1, -0.05) is 29.3 Å². The van der Waals surface area contributed by atoms with Crippen LogP contribution < -0.4 is 15.4 Å². The van der Waals surface area contributed by atoms with Crippen molar-refractivity contribution in [2.45, 2.75) is 25.7 Å². The number of benzene rings is 2. The minimum atomic E-state index is -1.40. The Bertz CT molecular complexity index is 1610. The molecule has 12 heteroatoms. The molecule has 6 atom stereocenters. The number of fused-ring (bicyclic) bond motifs is 4. The third kappa shape index (κ3) is 3.57. The second kappa shape index (κ2) is 9.13. The molecular weight excluding hydrogens is 557 g/mol. The van der Waals surface area contributed by atoms with E-state index in [1.54, 1.807) is 19.1 Å². The number of methoxy groups -OCH3 is 1. The average molecular weight is 582 g/mol. The first-order valence-corrected chi connectivity index (χ1v) is 13.4. The van der Waals surface area contributed by atoms with Gasteiger partial charge >= 0.3 is 6.03 Å². The van der Waals surface area contributed by atoms with Crippen LogP contribution in [0.4, 0.5) is 14.9 Å². The van der Waals surface area contributed by atoms with E-state index in [0.29, 0.717) is 16.0 Å². The lowest BCUT2D eigenvalue weighted by Crippen LogP contribution is -2.49. The van der Waals surface area contributed by atoms with E-state index in [-0.39, 0.29) is 35.1 Å². The van der Waals surface area contributed by atoms with Gasteiger partial charge in [-0.25, -0.2) is 14.1 Å². The van der Waals surface area contributed by atoms with Gasteiger partial charge in [0.05, 0.1) is 41.0 Å². The van der Waals surface area contributed by atoms with E-state index in [2.05, 4.69) is 0 Å². The molecule has 4 aliphatic rings. The quantitative estimate of drug-likeness (QED) is 0.416. The number of imide groups is 4. The maximum atomic E-state index is 14.3. The number of nitrogens with two attached hydrogens (primary N) is 1. The standard InChI is InChI=1S/C29H25ClFN3O7/c1-29-18(25(37)33(27(29)39)12-3-8-20(31)19(30)9-12)11-17-14(23(29)15-5-4-13(35)10-21(15)41-2)6-7-16-22(17)26(38)34(24(16)36)28(32)40/h3-6,8-10,16-18,22-23,35H,7,11H2,1-2H3,(H2,32,40). The predicted molar refractivity (Wildman–Crippen MR) is 142 cm³/mol. The lowest BCUT2D eigenvalue weighted by molar-refractivity contribution is -0.136. The van der Waals surface area contributed by atoms with Gasteiger partial charge in [-0.05, 0) is 49.9 Å². The molecule has 1 saturated carbocycles. The van der Waals surface area contributed by atoms with Crippen molar-refractivity contribution < 1.29 is 38.2 Å². The van der Waals surface area contributed by atoms with Crippen LogP contribution in [0.3, 0.4) is 0 Å². The maximum absolute atomic E-state index is 14.3. The molecule has 2 aliphatic heterocycles. The first-order valence-electron chi connectivity index (χ1n) is 13.0. The number of hydrogen-bond acceptors (Lipinski definition) is 7. The fraction of sp³-hybridized carbons (Fsp3) is 0.345. The normalized spacial score (nSPS) is 30.6. The van der Waals surface area contributed by atoms with Crippen molar-refractivity contribution in [2.24, 2.45) is 34.8 Å². The van der Waals surface area contributed by atoms with E-state index in [1.165, 1.54) is 31.4 Å². The van der Waals surface area contributed by atoms with E-state index in [4.69, 9.17) is 22.1 Å². The SMILES string of the molecule is COc1cc(O)ccc1C1C2=CCC3C(=O)N(C(N)=O)C(=O)C3C2CC2C(=O)N(c3ccc(F)c(Cl)c3)C(=O)C21C. The molecule has 0 radical (unpaired) electrons. The molecule has 41 heavy (non-hydrogen) atoms. The molecule has 10 nitrogen and oxygen atoms in total. The van der Waals surface area contributed by atoms with Crippen LogP contribution in [0.5, 0.6) is 11.5 Å². The highest BCUT2D eigenvalue weighted by Crippen LogP contribution is 2.64. The Morgan fingerprint density at radius 2 is 1.83 bits per heavy atom. The third-order valence-corrected chi connectivity index (χ3v) is 9.47. The molecule has 2 saturated heterocycles. The van der Waals surface area contributed by atoms with Crippen LogP contribution in [0.1, 0.15) is 31.2 Å². The predicted octanol–water partition coefficient (Wildman–Crippen LogP) is 3.50. The zero-order valence-electron chi connectivity index (χ0n) is 22.0. The summed E-state index contributed by atoms with van der Waals surface area (Å²) in [6.45, 7) is 1.67. The van der Waals surface area contributed by atoms with E-state index < -0.39 is 70.5 Å².